The lowest BCUT2D eigenvalue weighted by Crippen LogP contribution is -2.18. The summed E-state index contributed by atoms with van der Waals surface area (Å²) in [7, 11) is 0. The van der Waals surface area contributed by atoms with E-state index in [1.807, 2.05) is 103 Å². The van der Waals surface area contributed by atoms with Crippen molar-refractivity contribution in [3.63, 3.8) is 0 Å². The first-order chi connectivity index (χ1) is 62.4. The monoisotopic (exact) mass is 1640 g/mol. The van der Waals surface area contributed by atoms with Gasteiger partial charge in [-0.05, 0) is 150 Å². The van der Waals surface area contributed by atoms with E-state index in [2.05, 4.69) is 314 Å². The van der Waals surface area contributed by atoms with Gasteiger partial charge in [-0.3, -0.25) is 0 Å². The van der Waals surface area contributed by atoms with Crippen LogP contribution in [0.2, 0.25) is 5.02 Å². The molecule has 0 saturated heterocycles. The third-order valence-electron chi connectivity index (χ3n) is 27.6. The molecule has 127 heavy (non-hydrogen) atoms. The molecule has 0 unspecified atom stereocenters. The number of halogens is 1. The van der Waals surface area contributed by atoms with Crippen LogP contribution in [0.25, 0.3) is 227 Å². The smallest absolute Gasteiger partial charge is 0.164 e. The summed E-state index contributed by atoms with van der Waals surface area (Å²) < 4.78 is 7.56. The normalized spacial score (nSPS) is 13.3. The number of benzene rings is 18. The van der Waals surface area contributed by atoms with Crippen molar-refractivity contribution in [2.24, 2.45) is 0 Å². The molecule has 0 bridgehead atoms. The van der Waals surface area contributed by atoms with Crippen molar-refractivity contribution in [2.45, 2.75) is 44.9 Å². The third kappa shape index (κ3) is 10.8. The lowest BCUT2D eigenvalue weighted by molar-refractivity contribution is 0.657. The molecule has 18 aromatic carbocycles. The van der Waals surface area contributed by atoms with Gasteiger partial charge in [-0.15, -0.1) is 0 Å². The molecular weight excluding hydrogens is 1570 g/mol. The summed E-state index contributed by atoms with van der Waals surface area (Å²) in [6.07, 6.45) is 1.01. The predicted octanol–water partition coefficient (Wildman–Crippen LogP) is 30.2. The lowest BCUT2D eigenvalue weighted by atomic mass is 9.81. The number of hydrogen-bond donors (Lipinski definition) is 0. The van der Waals surface area contributed by atoms with Gasteiger partial charge >= 0.3 is 0 Å². The summed E-state index contributed by atoms with van der Waals surface area (Å²) in [4.78, 5) is 30.4. The summed E-state index contributed by atoms with van der Waals surface area (Å²) in [6.45, 7) is 9.25. The van der Waals surface area contributed by atoms with Crippen molar-refractivity contribution in [2.75, 3.05) is 0 Å². The summed E-state index contributed by atoms with van der Waals surface area (Å²) in [5.41, 5.74) is 31.9. The van der Waals surface area contributed by atoms with Crippen LogP contribution in [0.4, 0.5) is 0 Å². The average molecular weight is 1650 g/mol. The van der Waals surface area contributed by atoms with Gasteiger partial charge in [0.1, 0.15) is 0 Å². The third-order valence-corrected chi connectivity index (χ3v) is 27.8. The van der Waals surface area contributed by atoms with Gasteiger partial charge in [0.2, 0.25) is 0 Å². The molecule has 0 aliphatic heterocycles. The molecule has 9 nitrogen and oxygen atoms in total. The highest BCUT2D eigenvalue weighted by Crippen LogP contribution is 2.58. The molecular formula is C117H78ClN9. The van der Waals surface area contributed by atoms with Crippen molar-refractivity contribution in [3.8, 4) is 107 Å². The second-order valence-corrected chi connectivity index (χ2v) is 35.6. The van der Waals surface area contributed by atoms with E-state index in [-0.39, 0.29) is 12.3 Å². The number of aromatic nitrogens is 9. The van der Waals surface area contributed by atoms with E-state index in [1.165, 1.54) is 181 Å². The Hall–Kier alpha value is -15.8. The van der Waals surface area contributed by atoms with Gasteiger partial charge in [0, 0.05) is 110 Å². The van der Waals surface area contributed by atoms with Gasteiger partial charge in [-0.25, -0.2) is 29.9 Å². The van der Waals surface area contributed by atoms with E-state index >= 15 is 0 Å². The maximum absolute atomic E-state index is 6.69. The minimum atomic E-state index is -0.363. The highest BCUT2D eigenvalue weighted by Gasteiger charge is 2.42. The van der Waals surface area contributed by atoms with Crippen LogP contribution < -0.4 is 0 Å². The molecule has 10 heteroatoms. The van der Waals surface area contributed by atoms with Crippen molar-refractivity contribution in [1.29, 1.82) is 0 Å². The number of para-hydroxylation sites is 4. The number of fused-ring (bicyclic) bond motifs is 28. The van der Waals surface area contributed by atoms with E-state index in [0.29, 0.717) is 40.0 Å². The fraction of sp³-hybridized carbons (Fsp3) is 0.0598. The first-order valence-corrected chi connectivity index (χ1v) is 44.0. The van der Waals surface area contributed by atoms with E-state index in [0.717, 1.165) is 51.1 Å². The second-order valence-electron chi connectivity index (χ2n) is 35.2. The molecule has 7 aromatic heterocycles. The van der Waals surface area contributed by atoms with Gasteiger partial charge in [0.25, 0.3) is 0 Å². The van der Waals surface area contributed by atoms with Gasteiger partial charge in [-0.2, -0.15) is 0 Å². The summed E-state index contributed by atoms with van der Waals surface area (Å²) >= 11 is 6.69. The fourth-order valence-corrected chi connectivity index (χ4v) is 22.1. The van der Waals surface area contributed by atoms with Crippen LogP contribution in [0.5, 0.6) is 0 Å². The Labute approximate surface area is 737 Å². The summed E-state index contributed by atoms with van der Waals surface area (Å²) in [5.74, 6) is 3.87. The Kier molecular flexibility index (Phi) is 15.8. The predicted molar refractivity (Wildman–Crippen MR) is 528 cm³/mol. The highest BCUT2D eigenvalue weighted by molar-refractivity contribution is 6.32. The van der Waals surface area contributed by atoms with Crippen LogP contribution in [-0.4, -0.2) is 43.3 Å². The standard InChI is InChI=1S/C58H37N5.C30H22ClN3.C29H17N.H2/c1-58(2)46-26-13-11-23-42(46)51-43(57-60-55(35-17-5-3-6-18-35)59-56(61-57)36-19-7-4-8-20-36)30-31-48(52(51)58)63-50-33-49-44(32-45(50)41-29-28-34-16-9-10-21-37(34)53(41)63)40-25-15-24-39-38-22-12-14-27-47(38)62(49)54(39)40;1-30(2)24-16-10-9-15-22(24)26-23(17-21(31)18-25(26)30)29-33-27(19-11-5-3-6-12-19)32-28(34-29)20-13-7-4-8-14-20;1-2-7-19-17(6-1)12-13-20-24-16-26-23-10-5-9-22-21-8-3-4-11-27(21)30(29(22)23)28(26)15-18(24)14-25(19)20;/h3-33H,1-2H3;3-18H,1-2H3;1-13,15-16H,14H2;1H/i;;;1+1. The Morgan fingerprint density at radius 3 is 1.25 bits per heavy atom. The van der Waals surface area contributed by atoms with E-state index in [1.54, 1.807) is 0 Å². The van der Waals surface area contributed by atoms with E-state index in [9.17, 15) is 0 Å². The maximum atomic E-state index is 6.69. The minimum absolute atomic E-state index is 0. The van der Waals surface area contributed by atoms with Crippen molar-refractivity contribution >= 4 is 131 Å². The second kappa shape index (κ2) is 27.6. The first-order valence-electron chi connectivity index (χ1n) is 43.6. The molecule has 25 aromatic rings. The van der Waals surface area contributed by atoms with Crippen LogP contribution >= 0.6 is 11.6 Å². The van der Waals surface area contributed by atoms with Crippen LogP contribution in [0, 0.1) is 0 Å². The van der Waals surface area contributed by atoms with Crippen molar-refractivity contribution < 1.29 is 1.43 Å². The molecule has 0 fully saturated rings. The molecule has 0 amide bonds. The first kappa shape index (κ1) is 72.8. The SMILES string of the molecule is CC1(C)c2ccccc2-c2c(-c3nc(-c4ccccc4)nc(-c4ccccc4)n3)cc(Cl)cc21.CC1(C)c2ccccc2-c2c(-c3nc(-c4ccccc4)nc(-c4ccccc4)n3)ccc(-n3c4cc5c(cc4c4ccc6ccccc6c43)c3cccc4c6ccccc6n5c43)c21.[2HH].c1ccc2c3c(ccc2c1)-c1cc2c4cccc5c6ccccc6n(c2cc1C3)c54. The molecule has 0 atom stereocenters. The molecule has 0 N–H and O–H groups in total. The lowest BCUT2D eigenvalue weighted by Gasteiger charge is -2.26. The topological polar surface area (TPSA) is 91.1 Å². The van der Waals surface area contributed by atoms with Crippen molar-refractivity contribution in [3.05, 3.63) is 415 Å². The fourth-order valence-electron chi connectivity index (χ4n) is 21.9. The van der Waals surface area contributed by atoms with Gasteiger partial charge in [0.15, 0.2) is 34.9 Å². The Bertz CT molecular complexity index is 8830. The molecule has 28 rings (SSSR count). The van der Waals surface area contributed by atoms with Gasteiger partial charge < -0.3 is 13.4 Å². The molecule has 0 spiro atoms. The zero-order chi connectivity index (χ0) is 84.2. The largest absolute Gasteiger partial charge is 0.308 e. The zero-order valence-corrected chi connectivity index (χ0v) is 70.7. The molecule has 0 saturated carbocycles. The molecule has 598 valence electrons. The van der Waals surface area contributed by atoms with Crippen molar-refractivity contribution in [1.82, 2.24) is 43.3 Å². The van der Waals surface area contributed by atoms with Crippen LogP contribution in [0.15, 0.2) is 376 Å². The molecule has 3 aliphatic carbocycles. The molecule has 7 heterocycles. The highest BCUT2D eigenvalue weighted by atomic mass is 35.5. The zero-order valence-electron chi connectivity index (χ0n) is 69.9. The summed E-state index contributed by atoms with van der Waals surface area (Å²) in [6, 6.07) is 135. The molecule has 3 aliphatic rings. The average Bonchev–Trinajstić information content (AvgIpc) is 1.54. The van der Waals surface area contributed by atoms with Crippen LogP contribution in [0.3, 0.4) is 0 Å². The Morgan fingerprint density at radius 1 is 0.260 bits per heavy atom. The van der Waals surface area contributed by atoms with Crippen LogP contribution in [-0.2, 0) is 17.3 Å². The Balaban J connectivity index is 0.000000115. The van der Waals surface area contributed by atoms with Gasteiger partial charge in [-0.1, -0.05) is 355 Å². The summed E-state index contributed by atoms with van der Waals surface area (Å²) in [5, 5.41) is 18.9. The van der Waals surface area contributed by atoms with Crippen LogP contribution in [0.1, 0.15) is 62.5 Å². The van der Waals surface area contributed by atoms with Gasteiger partial charge in [0.05, 0.1) is 49.8 Å². The Morgan fingerprint density at radius 2 is 0.677 bits per heavy atom. The quantitative estimate of drug-likeness (QED) is 0.158. The minimum Gasteiger partial charge on any atom is -0.308 e. The maximum Gasteiger partial charge on any atom is 0.164 e. The molecule has 0 radical (unpaired) electrons. The van der Waals surface area contributed by atoms with E-state index in [4.69, 9.17) is 41.5 Å². The van der Waals surface area contributed by atoms with E-state index < -0.39 is 0 Å². The number of rotatable bonds is 7. The number of nitrogens with zero attached hydrogens (tertiary/aromatic N) is 9. The number of hydrogen-bond acceptors (Lipinski definition) is 6.